The molecule has 2 atom stereocenters. The van der Waals surface area contributed by atoms with Gasteiger partial charge in [-0.15, -0.1) is 4.58 Å². The van der Waals surface area contributed by atoms with Crippen molar-refractivity contribution in [2.45, 2.75) is 25.8 Å². The zero-order valence-electron chi connectivity index (χ0n) is 6.62. The molecule has 2 unspecified atom stereocenters. The average molecular weight is 154 g/mol. The molecule has 3 nitrogen and oxygen atoms in total. The first-order valence-electron chi connectivity index (χ1n) is 4.11. The second-order valence-electron chi connectivity index (χ2n) is 3.09. The van der Waals surface area contributed by atoms with Crippen LogP contribution in [-0.2, 0) is 4.74 Å². The van der Waals surface area contributed by atoms with Crippen LogP contribution in [0.25, 0.3) is 0 Å². The molecule has 0 spiro atoms. The monoisotopic (exact) mass is 154 g/mol. The Balaban J connectivity index is 1.99. The van der Waals surface area contributed by atoms with Crippen LogP contribution in [0.15, 0.2) is 0 Å². The smallest absolute Gasteiger partial charge is 0.412 e. The highest BCUT2D eigenvalue weighted by Crippen LogP contribution is 2.39. The predicted octanol–water partition coefficient (Wildman–Crippen LogP) is 1.02. The average Bonchev–Trinajstić information content (AvgIpc) is 2.63. The molecule has 0 aromatic carbocycles. The fraction of sp³-hybridized carbons (Fsp3) is 0.750. The van der Waals surface area contributed by atoms with Crippen molar-refractivity contribution >= 4 is 12.3 Å². The highest BCUT2D eigenvalue weighted by Gasteiger charge is 2.54. The largest absolute Gasteiger partial charge is 0.596 e. The topological polar surface area (TPSA) is 29.3 Å². The molecular weight excluding hydrogens is 142 g/mol. The van der Waals surface area contributed by atoms with Crippen LogP contribution in [0.5, 0.6) is 0 Å². The molecule has 0 saturated heterocycles. The minimum Gasteiger partial charge on any atom is -0.412 e. The molecule has 0 radical (unpaired) electrons. The quantitative estimate of drug-likeness (QED) is 0.528. The lowest BCUT2D eigenvalue weighted by Crippen LogP contribution is -2.22. The zero-order chi connectivity index (χ0) is 7.84. The summed E-state index contributed by atoms with van der Waals surface area (Å²) in [5.41, 5.74) is 0. The van der Waals surface area contributed by atoms with Gasteiger partial charge in [-0.2, -0.15) is 4.79 Å². The van der Waals surface area contributed by atoms with Crippen LogP contribution in [0.4, 0.5) is 4.79 Å². The Labute approximate surface area is 65.7 Å². The van der Waals surface area contributed by atoms with E-state index in [-0.39, 0.29) is 6.09 Å². The Morgan fingerprint density at radius 2 is 2.64 bits per heavy atom. The summed E-state index contributed by atoms with van der Waals surface area (Å²) in [6, 6.07) is 0.481. The van der Waals surface area contributed by atoms with Gasteiger partial charge in [0.15, 0.2) is 12.3 Å². The SMILES string of the molecule is CCOC(=O)[N+]1=CCC2CC21. The summed E-state index contributed by atoms with van der Waals surface area (Å²) in [5, 5.41) is 0. The number of rotatable bonds is 1. The van der Waals surface area contributed by atoms with Gasteiger partial charge in [0.2, 0.25) is 0 Å². The van der Waals surface area contributed by atoms with E-state index in [9.17, 15) is 4.79 Å². The van der Waals surface area contributed by atoms with E-state index in [4.69, 9.17) is 4.74 Å². The summed E-state index contributed by atoms with van der Waals surface area (Å²) in [6.07, 6.45) is 4.02. The Morgan fingerprint density at radius 3 is 3.09 bits per heavy atom. The fourth-order valence-corrected chi connectivity index (χ4v) is 1.62. The van der Waals surface area contributed by atoms with Gasteiger partial charge in [0.25, 0.3) is 0 Å². The van der Waals surface area contributed by atoms with Gasteiger partial charge in [-0.1, -0.05) is 0 Å². The minimum absolute atomic E-state index is 0.169. The van der Waals surface area contributed by atoms with Gasteiger partial charge in [0.05, 0.1) is 6.61 Å². The highest BCUT2D eigenvalue weighted by atomic mass is 16.5. The van der Waals surface area contributed by atoms with E-state index in [1.54, 1.807) is 4.58 Å². The molecular formula is C8H12NO2+. The van der Waals surface area contributed by atoms with E-state index in [1.165, 1.54) is 6.42 Å². The number of hydrogen-bond acceptors (Lipinski definition) is 2. The van der Waals surface area contributed by atoms with Crippen molar-refractivity contribution in [3.05, 3.63) is 0 Å². The molecule has 2 rings (SSSR count). The van der Waals surface area contributed by atoms with Crippen molar-refractivity contribution in [2.75, 3.05) is 6.61 Å². The predicted molar refractivity (Wildman–Crippen MR) is 39.9 cm³/mol. The van der Waals surface area contributed by atoms with Gasteiger partial charge in [-0.3, -0.25) is 0 Å². The normalized spacial score (nSPS) is 32.6. The molecule has 1 aliphatic carbocycles. The standard InChI is InChI=1S/C8H12NO2/c1-2-11-8(10)9-4-3-6-5-7(6)9/h4,6-7H,2-3,5H2,1H3/q+1. The van der Waals surface area contributed by atoms with Crippen LogP contribution in [-0.4, -0.2) is 29.5 Å². The number of hydrogen-bond donors (Lipinski definition) is 0. The molecule has 1 fully saturated rings. The first-order chi connectivity index (χ1) is 5.33. The molecule has 0 N–H and O–H groups in total. The number of ether oxygens (including phenoxy) is 1. The van der Waals surface area contributed by atoms with Crippen molar-refractivity contribution < 1.29 is 14.1 Å². The van der Waals surface area contributed by atoms with Gasteiger partial charge >= 0.3 is 6.09 Å². The third-order valence-electron chi connectivity index (χ3n) is 2.33. The molecule has 3 heteroatoms. The molecule has 2 aliphatic rings. The Morgan fingerprint density at radius 1 is 1.82 bits per heavy atom. The van der Waals surface area contributed by atoms with Gasteiger partial charge in [-0.25, -0.2) is 0 Å². The van der Waals surface area contributed by atoms with Crippen LogP contribution < -0.4 is 0 Å². The van der Waals surface area contributed by atoms with Crippen LogP contribution in [0, 0.1) is 5.92 Å². The van der Waals surface area contributed by atoms with Gasteiger partial charge in [-0.05, 0) is 6.92 Å². The lowest BCUT2D eigenvalue weighted by molar-refractivity contribution is -0.453. The van der Waals surface area contributed by atoms with Crippen LogP contribution in [0.1, 0.15) is 19.8 Å². The lowest BCUT2D eigenvalue weighted by atomic mass is 10.3. The summed E-state index contributed by atoms with van der Waals surface area (Å²) in [6.45, 7) is 2.30. The Kier molecular flexibility index (Phi) is 1.44. The lowest BCUT2D eigenvalue weighted by Gasteiger charge is -1.95. The maximum atomic E-state index is 11.2. The van der Waals surface area contributed by atoms with Crippen molar-refractivity contribution in [1.82, 2.24) is 0 Å². The summed E-state index contributed by atoms with van der Waals surface area (Å²) >= 11 is 0. The second-order valence-corrected chi connectivity index (χ2v) is 3.09. The summed E-state index contributed by atoms with van der Waals surface area (Å²) in [5.74, 6) is 0.749. The van der Waals surface area contributed by atoms with E-state index in [1.807, 2.05) is 13.1 Å². The third kappa shape index (κ3) is 1.04. The summed E-state index contributed by atoms with van der Waals surface area (Å²) < 4.78 is 6.62. The van der Waals surface area contributed by atoms with Crippen molar-refractivity contribution in [1.29, 1.82) is 0 Å². The van der Waals surface area contributed by atoms with Gasteiger partial charge in [0.1, 0.15) is 0 Å². The van der Waals surface area contributed by atoms with E-state index in [0.717, 1.165) is 12.3 Å². The van der Waals surface area contributed by atoms with E-state index >= 15 is 0 Å². The molecule has 60 valence electrons. The zero-order valence-corrected chi connectivity index (χ0v) is 6.62. The molecule has 1 aliphatic heterocycles. The van der Waals surface area contributed by atoms with Crippen molar-refractivity contribution in [2.24, 2.45) is 5.92 Å². The van der Waals surface area contributed by atoms with Gasteiger partial charge < -0.3 is 4.74 Å². The third-order valence-corrected chi connectivity index (χ3v) is 2.33. The summed E-state index contributed by atoms with van der Waals surface area (Å²) in [7, 11) is 0. The number of amides is 1. The number of carbonyl (C=O) groups is 1. The Bertz CT molecular complexity index is 222. The van der Waals surface area contributed by atoms with E-state index in [2.05, 4.69) is 0 Å². The van der Waals surface area contributed by atoms with Crippen LogP contribution in [0.2, 0.25) is 0 Å². The second kappa shape index (κ2) is 2.32. The van der Waals surface area contributed by atoms with Gasteiger partial charge in [0, 0.05) is 18.8 Å². The van der Waals surface area contributed by atoms with Crippen molar-refractivity contribution in [3.8, 4) is 0 Å². The highest BCUT2D eigenvalue weighted by molar-refractivity contribution is 5.69. The van der Waals surface area contributed by atoms with E-state index < -0.39 is 0 Å². The van der Waals surface area contributed by atoms with Crippen LogP contribution in [0.3, 0.4) is 0 Å². The maximum Gasteiger partial charge on any atom is 0.596 e. The molecule has 0 aromatic heterocycles. The molecule has 0 aromatic rings. The first kappa shape index (κ1) is 6.83. The molecule has 0 bridgehead atoms. The summed E-state index contributed by atoms with van der Waals surface area (Å²) in [4.78, 5) is 11.2. The molecule has 1 heterocycles. The molecule has 1 amide bonds. The van der Waals surface area contributed by atoms with E-state index in [0.29, 0.717) is 12.6 Å². The first-order valence-corrected chi connectivity index (χ1v) is 4.11. The fourth-order valence-electron chi connectivity index (χ4n) is 1.62. The number of fused-ring (bicyclic) bond motifs is 1. The Hall–Kier alpha value is -0.860. The van der Waals surface area contributed by atoms with Crippen LogP contribution >= 0.6 is 0 Å². The van der Waals surface area contributed by atoms with Crippen molar-refractivity contribution in [3.63, 3.8) is 0 Å². The minimum atomic E-state index is -0.169. The number of nitrogens with zero attached hydrogens (tertiary/aromatic N) is 1. The molecule has 1 saturated carbocycles. The molecule has 11 heavy (non-hydrogen) atoms. The maximum absolute atomic E-state index is 11.2. The number of carbonyl (C=O) groups excluding carboxylic acids is 1.